The van der Waals surface area contributed by atoms with Gasteiger partial charge in [-0.25, -0.2) is 4.79 Å². The van der Waals surface area contributed by atoms with Crippen LogP contribution in [0.3, 0.4) is 0 Å². The van der Waals surface area contributed by atoms with E-state index >= 15 is 0 Å². The molecular weight excluding hydrogens is 246 g/mol. The van der Waals surface area contributed by atoms with Crippen molar-refractivity contribution in [3.05, 3.63) is 40.3 Å². The first kappa shape index (κ1) is 14.9. The maximum absolute atomic E-state index is 10.8. The summed E-state index contributed by atoms with van der Waals surface area (Å²) in [7, 11) is 0. The summed E-state index contributed by atoms with van der Waals surface area (Å²) >= 11 is 0. The van der Waals surface area contributed by atoms with E-state index in [4.69, 9.17) is 15.4 Å². The summed E-state index contributed by atoms with van der Waals surface area (Å²) in [6, 6.07) is 6.46. The molecule has 0 saturated carbocycles. The van der Waals surface area contributed by atoms with Gasteiger partial charge in [0.25, 0.3) is 0 Å². The minimum Gasteiger partial charge on any atom is -0.494 e. The van der Waals surface area contributed by atoms with Gasteiger partial charge in [-0.15, -0.1) is 0 Å². The first-order chi connectivity index (χ1) is 9.24. The first-order valence-electron chi connectivity index (χ1n) is 6.21. The molecule has 1 N–H and O–H groups in total. The van der Waals surface area contributed by atoms with Crippen LogP contribution < -0.4 is 4.74 Å². The van der Waals surface area contributed by atoms with Gasteiger partial charge in [-0.1, -0.05) is 24.0 Å². The summed E-state index contributed by atoms with van der Waals surface area (Å²) in [5.74, 6) is -0.377. The van der Waals surface area contributed by atoms with Gasteiger partial charge in [0.15, 0.2) is 0 Å². The summed E-state index contributed by atoms with van der Waals surface area (Å²) in [5, 5.41) is 12.3. The van der Waals surface area contributed by atoms with Gasteiger partial charge in [0, 0.05) is 11.5 Å². The highest BCUT2D eigenvalue weighted by Gasteiger charge is 2.03. The lowest BCUT2D eigenvalue weighted by Gasteiger charge is -2.06. The maximum Gasteiger partial charge on any atom is 0.335 e. The van der Waals surface area contributed by atoms with Gasteiger partial charge in [0.05, 0.1) is 12.2 Å². The van der Waals surface area contributed by atoms with Gasteiger partial charge >= 0.3 is 5.97 Å². The fraction of sp³-hybridized carbons (Fsp3) is 0.462. The molecule has 19 heavy (non-hydrogen) atoms. The number of carbonyl (C=O) groups is 1. The molecule has 0 spiro atoms. The third kappa shape index (κ3) is 6.33. The van der Waals surface area contributed by atoms with E-state index in [1.54, 1.807) is 12.1 Å². The van der Waals surface area contributed by atoms with Crippen LogP contribution in [0, 0.1) is 0 Å². The molecule has 0 unspecified atom stereocenters. The lowest BCUT2D eigenvalue weighted by molar-refractivity contribution is 0.0696. The van der Waals surface area contributed by atoms with E-state index in [1.807, 2.05) is 0 Å². The molecule has 102 valence electrons. The van der Waals surface area contributed by atoms with Crippen LogP contribution in [-0.4, -0.2) is 24.2 Å². The Morgan fingerprint density at radius 1 is 1.32 bits per heavy atom. The molecule has 0 aliphatic rings. The maximum atomic E-state index is 10.8. The summed E-state index contributed by atoms with van der Waals surface area (Å²) in [6.07, 6.45) is 3.78. The van der Waals surface area contributed by atoms with Crippen molar-refractivity contribution in [1.29, 1.82) is 0 Å². The summed E-state index contributed by atoms with van der Waals surface area (Å²) in [6.45, 7) is 1.10. The first-order valence-corrected chi connectivity index (χ1v) is 6.21. The number of rotatable bonds is 9. The van der Waals surface area contributed by atoms with Crippen LogP contribution in [0.2, 0.25) is 0 Å². The van der Waals surface area contributed by atoms with Crippen molar-refractivity contribution in [3.63, 3.8) is 0 Å². The molecule has 0 aromatic heterocycles. The third-order valence-corrected chi connectivity index (χ3v) is 2.57. The zero-order chi connectivity index (χ0) is 13.9. The molecule has 1 rings (SSSR count). The van der Waals surface area contributed by atoms with E-state index in [0.29, 0.717) is 18.9 Å². The van der Waals surface area contributed by atoms with Crippen LogP contribution in [0.4, 0.5) is 0 Å². The standard InChI is InChI=1S/C13H17N3O3/c14-16-15-8-3-1-2-4-9-19-12-7-5-6-11(10-12)13(17)18/h5-7,10H,1-4,8-9H2,(H,17,18). The van der Waals surface area contributed by atoms with Crippen molar-refractivity contribution in [3.8, 4) is 5.75 Å². The normalized spacial score (nSPS) is 9.68. The number of benzene rings is 1. The van der Waals surface area contributed by atoms with Crippen LogP contribution >= 0.6 is 0 Å². The molecule has 0 saturated heterocycles. The summed E-state index contributed by atoms with van der Waals surface area (Å²) in [4.78, 5) is 13.4. The third-order valence-electron chi connectivity index (χ3n) is 2.57. The summed E-state index contributed by atoms with van der Waals surface area (Å²) < 4.78 is 5.48. The van der Waals surface area contributed by atoms with Crippen LogP contribution in [0.25, 0.3) is 10.4 Å². The second kappa shape index (κ2) is 8.83. The van der Waals surface area contributed by atoms with Gasteiger partial charge in [-0.05, 0) is 36.6 Å². The Balaban J connectivity index is 2.17. The highest BCUT2D eigenvalue weighted by molar-refractivity contribution is 5.87. The fourth-order valence-corrected chi connectivity index (χ4v) is 1.59. The van der Waals surface area contributed by atoms with E-state index in [9.17, 15) is 4.79 Å². The number of ether oxygens (including phenoxy) is 1. The SMILES string of the molecule is [N-]=[N+]=NCCCCCCOc1cccc(C(=O)O)c1. The zero-order valence-corrected chi connectivity index (χ0v) is 10.7. The van der Waals surface area contributed by atoms with Gasteiger partial charge in [-0.2, -0.15) is 0 Å². The molecule has 0 aliphatic carbocycles. The molecule has 6 heteroatoms. The lowest BCUT2D eigenvalue weighted by atomic mass is 10.2. The molecule has 0 aliphatic heterocycles. The number of carboxylic acids is 1. The largest absolute Gasteiger partial charge is 0.494 e. The monoisotopic (exact) mass is 263 g/mol. The Morgan fingerprint density at radius 3 is 2.84 bits per heavy atom. The molecular formula is C13H17N3O3. The molecule has 0 fully saturated rings. The van der Waals surface area contributed by atoms with Crippen molar-refractivity contribution >= 4 is 5.97 Å². The number of hydrogen-bond acceptors (Lipinski definition) is 3. The molecule has 0 radical (unpaired) electrons. The van der Waals surface area contributed by atoms with Gasteiger partial charge in [0.1, 0.15) is 5.75 Å². The average molecular weight is 263 g/mol. The van der Waals surface area contributed by atoms with Gasteiger partial charge < -0.3 is 9.84 Å². The molecule has 0 atom stereocenters. The molecule has 0 bridgehead atoms. The number of nitrogens with zero attached hydrogens (tertiary/aromatic N) is 3. The second-order valence-corrected chi connectivity index (χ2v) is 4.05. The quantitative estimate of drug-likeness (QED) is 0.319. The molecule has 1 aromatic carbocycles. The molecule has 6 nitrogen and oxygen atoms in total. The average Bonchev–Trinajstić information content (AvgIpc) is 2.42. The Labute approximate surface area is 111 Å². The van der Waals surface area contributed by atoms with Crippen LogP contribution in [-0.2, 0) is 0 Å². The van der Waals surface area contributed by atoms with E-state index in [0.717, 1.165) is 25.7 Å². The van der Waals surface area contributed by atoms with E-state index in [2.05, 4.69) is 10.0 Å². The van der Waals surface area contributed by atoms with Gasteiger partial charge in [-0.3, -0.25) is 0 Å². The predicted octanol–water partition coefficient (Wildman–Crippen LogP) is 3.63. The second-order valence-electron chi connectivity index (χ2n) is 4.05. The summed E-state index contributed by atoms with van der Waals surface area (Å²) in [5.41, 5.74) is 8.32. The highest BCUT2D eigenvalue weighted by Crippen LogP contribution is 2.14. The molecule has 1 aromatic rings. The Morgan fingerprint density at radius 2 is 2.11 bits per heavy atom. The Bertz CT molecular complexity index is 456. The minimum absolute atomic E-state index is 0.229. The number of unbranched alkanes of at least 4 members (excludes halogenated alkanes) is 3. The molecule has 0 heterocycles. The lowest BCUT2D eigenvalue weighted by Crippen LogP contribution is -2.00. The number of aromatic carboxylic acids is 1. The molecule has 0 amide bonds. The van der Waals surface area contributed by atoms with E-state index in [-0.39, 0.29) is 5.56 Å². The van der Waals surface area contributed by atoms with Gasteiger partial charge in [0.2, 0.25) is 0 Å². The Kier molecular flexibility index (Phi) is 6.90. The zero-order valence-electron chi connectivity index (χ0n) is 10.7. The van der Waals surface area contributed by atoms with Crippen LogP contribution in [0.1, 0.15) is 36.0 Å². The topological polar surface area (TPSA) is 95.3 Å². The van der Waals surface area contributed by atoms with Crippen molar-refractivity contribution in [2.24, 2.45) is 5.11 Å². The Hall–Kier alpha value is -2.20. The van der Waals surface area contributed by atoms with E-state index < -0.39 is 5.97 Å². The van der Waals surface area contributed by atoms with Crippen molar-refractivity contribution in [2.45, 2.75) is 25.7 Å². The number of carboxylic acid groups (broad SMARTS) is 1. The van der Waals surface area contributed by atoms with Crippen molar-refractivity contribution in [2.75, 3.05) is 13.2 Å². The smallest absolute Gasteiger partial charge is 0.335 e. The van der Waals surface area contributed by atoms with Crippen LogP contribution in [0.5, 0.6) is 5.75 Å². The van der Waals surface area contributed by atoms with Crippen molar-refractivity contribution < 1.29 is 14.6 Å². The number of azide groups is 1. The minimum atomic E-state index is -0.955. The van der Waals surface area contributed by atoms with Crippen LogP contribution in [0.15, 0.2) is 29.4 Å². The predicted molar refractivity (Wildman–Crippen MR) is 71.4 cm³/mol. The van der Waals surface area contributed by atoms with E-state index in [1.165, 1.54) is 12.1 Å². The fourth-order valence-electron chi connectivity index (χ4n) is 1.59. The number of hydrogen-bond donors (Lipinski definition) is 1. The van der Waals surface area contributed by atoms with Crippen molar-refractivity contribution in [1.82, 2.24) is 0 Å². The highest BCUT2D eigenvalue weighted by atomic mass is 16.5.